The molecule has 1 heterocycles. The largest absolute Gasteiger partial charge is 0.317 e. The van der Waals surface area contributed by atoms with E-state index in [1.165, 1.54) is 0 Å². The molecule has 1 aromatic carbocycles. The number of nitrogens with one attached hydrogen (secondary N) is 1. The summed E-state index contributed by atoms with van der Waals surface area (Å²) in [6.07, 6.45) is 1.82. The van der Waals surface area contributed by atoms with Crippen LogP contribution in [-0.4, -0.2) is 38.9 Å². The summed E-state index contributed by atoms with van der Waals surface area (Å²) < 4.78 is 26.6. The zero-order valence-corrected chi connectivity index (χ0v) is 16.2. The number of nitrogens with zero attached hydrogens (tertiary/aromatic N) is 1. The number of benzene rings is 1. The molecule has 0 unspecified atom stereocenters. The van der Waals surface area contributed by atoms with Gasteiger partial charge in [-0.25, -0.2) is 12.7 Å². The summed E-state index contributed by atoms with van der Waals surface area (Å²) in [5.74, 6) is 0.540. The van der Waals surface area contributed by atoms with E-state index in [2.05, 4.69) is 12.2 Å². The molecule has 4 nitrogen and oxygen atoms in total. The molecule has 0 atom stereocenters. The summed E-state index contributed by atoms with van der Waals surface area (Å²) >= 11 is 11.8. The second-order valence-electron chi connectivity index (χ2n) is 5.65. The van der Waals surface area contributed by atoms with E-state index in [1.807, 2.05) is 0 Å². The van der Waals surface area contributed by atoms with Gasteiger partial charge < -0.3 is 5.32 Å². The minimum absolute atomic E-state index is 0. The van der Waals surface area contributed by atoms with Gasteiger partial charge in [-0.2, -0.15) is 0 Å². The number of halogens is 3. The molecular weight excluding hydrogens is 379 g/mol. The molecule has 1 fully saturated rings. The van der Waals surface area contributed by atoms with Crippen molar-refractivity contribution in [1.29, 1.82) is 0 Å². The zero-order valence-electron chi connectivity index (χ0n) is 13.1. The fourth-order valence-corrected chi connectivity index (χ4v) is 4.54. The zero-order chi connectivity index (χ0) is 16.2. The highest BCUT2D eigenvalue weighted by Crippen LogP contribution is 2.25. The number of sulfonamides is 1. The lowest BCUT2D eigenvalue weighted by Crippen LogP contribution is -2.41. The van der Waals surface area contributed by atoms with E-state index in [1.54, 1.807) is 22.5 Å². The van der Waals surface area contributed by atoms with Crippen molar-refractivity contribution in [2.75, 3.05) is 26.2 Å². The predicted molar refractivity (Wildman–Crippen MR) is 99.2 cm³/mol. The number of hydrogen-bond acceptors (Lipinski definition) is 3. The van der Waals surface area contributed by atoms with Gasteiger partial charge in [0, 0.05) is 13.1 Å². The highest BCUT2D eigenvalue weighted by atomic mass is 35.5. The van der Waals surface area contributed by atoms with Crippen LogP contribution >= 0.6 is 35.6 Å². The fraction of sp³-hybridized carbons (Fsp3) is 0.600. The second-order valence-corrected chi connectivity index (χ2v) is 8.44. The molecule has 0 bridgehead atoms. The van der Waals surface area contributed by atoms with Crippen LogP contribution < -0.4 is 5.32 Å². The van der Waals surface area contributed by atoms with Crippen molar-refractivity contribution in [1.82, 2.24) is 9.62 Å². The van der Waals surface area contributed by atoms with Gasteiger partial charge in [0.1, 0.15) is 0 Å². The van der Waals surface area contributed by atoms with Gasteiger partial charge in [0.15, 0.2) is 0 Å². The molecule has 0 aliphatic carbocycles. The number of piperidine rings is 1. The van der Waals surface area contributed by atoms with Crippen molar-refractivity contribution in [2.24, 2.45) is 5.92 Å². The van der Waals surface area contributed by atoms with Crippen LogP contribution in [0.1, 0.15) is 25.3 Å². The molecule has 0 radical (unpaired) electrons. The first-order chi connectivity index (χ1) is 10.4. The van der Waals surface area contributed by atoms with E-state index in [0.29, 0.717) is 34.6 Å². The Kier molecular flexibility index (Phi) is 8.63. The van der Waals surface area contributed by atoms with Crippen LogP contribution in [-0.2, 0) is 15.8 Å². The van der Waals surface area contributed by atoms with Crippen molar-refractivity contribution in [3.8, 4) is 0 Å². The van der Waals surface area contributed by atoms with Crippen molar-refractivity contribution >= 4 is 45.6 Å². The van der Waals surface area contributed by atoms with Gasteiger partial charge in [-0.1, -0.05) is 36.2 Å². The molecule has 1 N–H and O–H groups in total. The molecule has 0 amide bonds. The minimum atomic E-state index is -3.30. The summed E-state index contributed by atoms with van der Waals surface area (Å²) in [6.45, 7) is 5.20. The third-order valence-corrected chi connectivity index (χ3v) is 6.57. The van der Waals surface area contributed by atoms with Crippen molar-refractivity contribution in [3.63, 3.8) is 0 Å². The molecule has 0 spiro atoms. The normalized spacial score (nSPS) is 17.0. The van der Waals surface area contributed by atoms with E-state index in [9.17, 15) is 8.42 Å². The molecular formula is C15H23Cl3N2O2S. The molecule has 2 rings (SSSR count). The van der Waals surface area contributed by atoms with E-state index < -0.39 is 10.0 Å². The highest BCUT2D eigenvalue weighted by Gasteiger charge is 2.28. The Balaban J connectivity index is 0.00000264. The maximum atomic E-state index is 12.5. The molecule has 1 aliphatic rings. The Morgan fingerprint density at radius 2 is 1.87 bits per heavy atom. The summed E-state index contributed by atoms with van der Waals surface area (Å²) in [7, 11) is -3.30. The summed E-state index contributed by atoms with van der Waals surface area (Å²) in [6, 6.07) is 4.97. The Hall–Kier alpha value is -0.0400. The molecule has 1 aliphatic heterocycles. The Labute approximate surface area is 155 Å². The minimum Gasteiger partial charge on any atom is -0.317 e. The van der Waals surface area contributed by atoms with Crippen LogP contribution in [0, 0.1) is 5.92 Å². The van der Waals surface area contributed by atoms with Gasteiger partial charge in [-0.15, -0.1) is 12.4 Å². The third kappa shape index (κ3) is 6.07. The summed E-state index contributed by atoms with van der Waals surface area (Å²) in [5, 5.41) is 4.15. The van der Waals surface area contributed by atoms with Crippen LogP contribution in [0.5, 0.6) is 0 Å². The lowest BCUT2D eigenvalue weighted by atomic mass is 9.98. The van der Waals surface area contributed by atoms with E-state index >= 15 is 0 Å². The van der Waals surface area contributed by atoms with Crippen molar-refractivity contribution in [3.05, 3.63) is 33.8 Å². The molecule has 0 aromatic heterocycles. The van der Waals surface area contributed by atoms with Gasteiger partial charge in [-0.05, 0) is 49.5 Å². The standard InChI is InChI=1S/C15H22Cl2N2O2S.ClH/c1-2-18-10-12-5-7-19(8-6-12)22(20,21)11-13-3-4-14(16)15(17)9-13;/h3-4,9,12,18H,2,5-8,10-11H2,1H3;1H. The second kappa shape index (κ2) is 9.44. The van der Waals surface area contributed by atoms with Crippen LogP contribution in [0.3, 0.4) is 0 Å². The monoisotopic (exact) mass is 400 g/mol. The number of hydrogen-bond donors (Lipinski definition) is 1. The molecule has 8 heteroatoms. The van der Waals surface area contributed by atoms with Gasteiger partial charge in [-0.3, -0.25) is 0 Å². The van der Waals surface area contributed by atoms with Gasteiger partial charge >= 0.3 is 0 Å². The van der Waals surface area contributed by atoms with Gasteiger partial charge in [0.25, 0.3) is 0 Å². The first-order valence-electron chi connectivity index (χ1n) is 7.55. The Morgan fingerprint density at radius 1 is 1.22 bits per heavy atom. The lowest BCUT2D eigenvalue weighted by molar-refractivity contribution is 0.268. The van der Waals surface area contributed by atoms with Crippen LogP contribution in [0.15, 0.2) is 18.2 Å². The average Bonchev–Trinajstić information content (AvgIpc) is 2.49. The summed E-state index contributed by atoms with van der Waals surface area (Å²) in [4.78, 5) is 0. The van der Waals surface area contributed by atoms with E-state index in [-0.39, 0.29) is 18.2 Å². The molecule has 0 saturated carbocycles. The maximum absolute atomic E-state index is 12.5. The summed E-state index contributed by atoms with van der Waals surface area (Å²) in [5.41, 5.74) is 0.671. The van der Waals surface area contributed by atoms with E-state index in [4.69, 9.17) is 23.2 Å². The van der Waals surface area contributed by atoms with Crippen molar-refractivity contribution in [2.45, 2.75) is 25.5 Å². The van der Waals surface area contributed by atoms with Crippen LogP contribution in [0.2, 0.25) is 10.0 Å². The first kappa shape index (κ1) is 21.0. The van der Waals surface area contributed by atoms with Gasteiger partial charge in [0.2, 0.25) is 10.0 Å². The quantitative estimate of drug-likeness (QED) is 0.793. The first-order valence-corrected chi connectivity index (χ1v) is 9.91. The molecule has 132 valence electrons. The fourth-order valence-electron chi connectivity index (χ4n) is 2.67. The Bertz CT molecular complexity index is 603. The molecule has 1 aromatic rings. The van der Waals surface area contributed by atoms with Gasteiger partial charge in [0.05, 0.1) is 15.8 Å². The topological polar surface area (TPSA) is 49.4 Å². The van der Waals surface area contributed by atoms with Crippen LogP contribution in [0.4, 0.5) is 0 Å². The lowest BCUT2D eigenvalue weighted by Gasteiger charge is -2.31. The van der Waals surface area contributed by atoms with Crippen LogP contribution in [0.25, 0.3) is 0 Å². The van der Waals surface area contributed by atoms with Crippen molar-refractivity contribution < 1.29 is 8.42 Å². The maximum Gasteiger partial charge on any atom is 0.218 e. The third-order valence-electron chi connectivity index (χ3n) is 3.98. The Morgan fingerprint density at radius 3 is 2.43 bits per heavy atom. The average molecular weight is 402 g/mol. The number of rotatable bonds is 6. The SMILES string of the molecule is CCNCC1CCN(S(=O)(=O)Cc2ccc(Cl)c(Cl)c2)CC1.Cl. The highest BCUT2D eigenvalue weighted by molar-refractivity contribution is 7.88. The van der Waals surface area contributed by atoms with E-state index in [0.717, 1.165) is 25.9 Å². The molecule has 1 saturated heterocycles. The smallest absolute Gasteiger partial charge is 0.218 e. The molecule has 23 heavy (non-hydrogen) atoms. The predicted octanol–water partition coefficient (Wildman–Crippen LogP) is 3.57.